The fourth-order valence-electron chi connectivity index (χ4n) is 4.64. The summed E-state index contributed by atoms with van der Waals surface area (Å²) in [4.78, 5) is 6.90. The van der Waals surface area contributed by atoms with Crippen LogP contribution in [0.3, 0.4) is 0 Å². The number of hydrogen-bond donors (Lipinski definition) is 1. The molecule has 0 radical (unpaired) electrons. The van der Waals surface area contributed by atoms with Gasteiger partial charge in [-0.1, -0.05) is 43.2 Å². The van der Waals surface area contributed by atoms with Gasteiger partial charge in [-0.3, -0.25) is 9.67 Å². The fourth-order valence-corrected chi connectivity index (χ4v) is 4.64. The molecule has 1 aromatic heterocycles. The largest absolute Gasteiger partial charge is 0.370 e. The average Bonchev–Trinajstić information content (AvgIpc) is 3.39. The molecule has 4 rings (SSSR count). The summed E-state index contributed by atoms with van der Waals surface area (Å²) in [7, 11) is 3.82. The van der Waals surface area contributed by atoms with Gasteiger partial charge in [0, 0.05) is 44.4 Å². The SMILES string of the molecule is CN=C(NCC1(c2ccccc2)CCCC1)N1CCOC(c2cnn(C)c2)C1.I. The van der Waals surface area contributed by atoms with Crippen molar-refractivity contribution < 1.29 is 4.74 Å². The summed E-state index contributed by atoms with van der Waals surface area (Å²) in [5.41, 5.74) is 2.79. The Labute approximate surface area is 190 Å². The standard InChI is InChI=1S/C22H31N5O.HI/c1-23-21(27-12-13-28-20(16-27)18-14-25-26(2)15-18)24-17-22(10-6-7-11-22)19-8-4-3-5-9-19;/h3-5,8-9,14-15,20H,6-7,10-13,16-17H2,1-2H3,(H,23,24);1H. The number of morpholine rings is 1. The lowest BCUT2D eigenvalue weighted by atomic mass is 9.79. The van der Waals surface area contributed by atoms with Crippen LogP contribution >= 0.6 is 24.0 Å². The number of aryl methyl sites for hydroxylation is 1. The van der Waals surface area contributed by atoms with Gasteiger partial charge >= 0.3 is 0 Å². The third-order valence-corrected chi connectivity index (χ3v) is 6.21. The molecule has 2 aliphatic rings. The quantitative estimate of drug-likeness (QED) is 0.390. The van der Waals surface area contributed by atoms with Crippen LogP contribution in [0.25, 0.3) is 0 Å². The first-order chi connectivity index (χ1) is 13.7. The number of aromatic nitrogens is 2. The van der Waals surface area contributed by atoms with E-state index in [2.05, 4.69) is 50.6 Å². The molecule has 1 aliphatic heterocycles. The lowest BCUT2D eigenvalue weighted by Gasteiger charge is -2.37. The number of halogens is 1. The molecule has 7 heteroatoms. The Bertz CT molecular complexity index is 801. The molecular weight excluding hydrogens is 477 g/mol. The van der Waals surface area contributed by atoms with Gasteiger partial charge in [0.15, 0.2) is 5.96 Å². The number of ether oxygens (including phenoxy) is 1. The topological polar surface area (TPSA) is 54.7 Å². The maximum Gasteiger partial charge on any atom is 0.193 e. The van der Waals surface area contributed by atoms with E-state index in [1.807, 2.05) is 31.2 Å². The zero-order valence-corrected chi connectivity index (χ0v) is 19.7. The summed E-state index contributed by atoms with van der Waals surface area (Å²) in [6, 6.07) is 11.0. The first kappa shape index (κ1) is 22.1. The van der Waals surface area contributed by atoms with Gasteiger partial charge in [0.25, 0.3) is 0 Å². The number of benzene rings is 1. The lowest BCUT2D eigenvalue weighted by molar-refractivity contribution is -0.00811. The van der Waals surface area contributed by atoms with Crippen LogP contribution in [0.1, 0.15) is 42.9 Å². The molecular formula is C22H32IN5O. The number of nitrogens with zero attached hydrogens (tertiary/aromatic N) is 4. The maximum absolute atomic E-state index is 5.99. The molecule has 6 nitrogen and oxygen atoms in total. The zero-order valence-electron chi connectivity index (χ0n) is 17.4. The van der Waals surface area contributed by atoms with Crippen LogP contribution in [0.15, 0.2) is 47.7 Å². The van der Waals surface area contributed by atoms with Crippen molar-refractivity contribution in [2.45, 2.75) is 37.2 Å². The molecule has 1 atom stereocenters. The van der Waals surface area contributed by atoms with Gasteiger partial charge in [-0.2, -0.15) is 5.10 Å². The van der Waals surface area contributed by atoms with Crippen molar-refractivity contribution in [3.63, 3.8) is 0 Å². The number of guanidine groups is 1. The molecule has 29 heavy (non-hydrogen) atoms. The van der Waals surface area contributed by atoms with E-state index in [9.17, 15) is 0 Å². The smallest absolute Gasteiger partial charge is 0.193 e. The number of rotatable bonds is 4. The van der Waals surface area contributed by atoms with E-state index in [-0.39, 0.29) is 35.5 Å². The van der Waals surface area contributed by atoms with E-state index < -0.39 is 0 Å². The summed E-state index contributed by atoms with van der Waals surface area (Å²) >= 11 is 0. The van der Waals surface area contributed by atoms with Gasteiger partial charge in [-0.05, 0) is 18.4 Å². The molecule has 158 valence electrons. The molecule has 1 N–H and O–H groups in total. The van der Waals surface area contributed by atoms with Crippen molar-refractivity contribution in [1.29, 1.82) is 0 Å². The minimum absolute atomic E-state index is 0. The van der Waals surface area contributed by atoms with Crippen LogP contribution in [0.4, 0.5) is 0 Å². The molecule has 1 aliphatic carbocycles. The van der Waals surface area contributed by atoms with Crippen LogP contribution in [-0.4, -0.2) is 53.9 Å². The van der Waals surface area contributed by atoms with E-state index in [1.165, 1.54) is 31.2 Å². The first-order valence-electron chi connectivity index (χ1n) is 10.3. The number of nitrogens with one attached hydrogen (secondary N) is 1. The summed E-state index contributed by atoms with van der Waals surface area (Å²) in [6.45, 7) is 3.28. The number of aliphatic imine (C=N–C) groups is 1. The highest BCUT2D eigenvalue weighted by Crippen LogP contribution is 2.40. The summed E-state index contributed by atoms with van der Waals surface area (Å²) in [6.07, 6.45) is 9.05. The van der Waals surface area contributed by atoms with Crippen molar-refractivity contribution in [3.05, 3.63) is 53.9 Å². The fraction of sp³-hybridized carbons (Fsp3) is 0.545. The van der Waals surface area contributed by atoms with Crippen LogP contribution < -0.4 is 5.32 Å². The van der Waals surface area contributed by atoms with Gasteiger partial charge in [0.05, 0.1) is 19.3 Å². The molecule has 1 aromatic carbocycles. The van der Waals surface area contributed by atoms with Crippen LogP contribution in [0.5, 0.6) is 0 Å². The summed E-state index contributed by atoms with van der Waals surface area (Å²) in [5, 5.41) is 7.98. The van der Waals surface area contributed by atoms with Gasteiger partial charge in [-0.15, -0.1) is 24.0 Å². The van der Waals surface area contributed by atoms with Crippen molar-refractivity contribution in [2.75, 3.05) is 33.3 Å². The monoisotopic (exact) mass is 509 g/mol. The Morgan fingerprint density at radius 3 is 2.69 bits per heavy atom. The third kappa shape index (κ3) is 4.94. The normalized spacial score (nSPS) is 21.7. The highest BCUT2D eigenvalue weighted by Gasteiger charge is 2.36. The van der Waals surface area contributed by atoms with Crippen LogP contribution in [-0.2, 0) is 17.2 Å². The Kier molecular flexibility index (Phi) is 7.56. The molecule has 2 aromatic rings. The zero-order chi connectivity index (χ0) is 19.4. The third-order valence-electron chi connectivity index (χ3n) is 6.21. The van der Waals surface area contributed by atoms with Gasteiger partial charge in [-0.25, -0.2) is 0 Å². The lowest BCUT2D eigenvalue weighted by Crippen LogP contribution is -2.51. The Morgan fingerprint density at radius 1 is 1.28 bits per heavy atom. The molecule has 1 saturated carbocycles. The molecule has 0 spiro atoms. The molecule has 1 saturated heterocycles. The maximum atomic E-state index is 5.99. The Hall–Kier alpha value is -1.61. The van der Waals surface area contributed by atoms with Gasteiger partial charge in [0.1, 0.15) is 6.10 Å². The molecule has 0 amide bonds. The van der Waals surface area contributed by atoms with Crippen molar-refractivity contribution >= 4 is 29.9 Å². The van der Waals surface area contributed by atoms with Gasteiger partial charge in [0.2, 0.25) is 0 Å². The first-order valence-corrected chi connectivity index (χ1v) is 10.3. The predicted octanol–water partition coefficient (Wildman–Crippen LogP) is 3.50. The predicted molar refractivity (Wildman–Crippen MR) is 127 cm³/mol. The molecule has 0 bridgehead atoms. The van der Waals surface area contributed by atoms with Crippen molar-refractivity contribution in [3.8, 4) is 0 Å². The second-order valence-electron chi connectivity index (χ2n) is 8.01. The molecule has 1 unspecified atom stereocenters. The highest BCUT2D eigenvalue weighted by molar-refractivity contribution is 14.0. The van der Waals surface area contributed by atoms with E-state index in [0.717, 1.165) is 31.2 Å². The average molecular weight is 509 g/mol. The molecule has 2 fully saturated rings. The van der Waals surface area contributed by atoms with Gasteiger partial charge < -0.3 is 15.0 Å². The van der Waals surface area contributed by atoms with Crippen molar-refractivity contribution in [2.24, 2.45) is 12.0 Å². The minimum atomic E-state index is 0. The van der Waals surface area contributed by atoms with Crippen LogP contribution in [0, 0.1) is 0 Å². The second-order valence-corrected chi connectivity index (χ2v) is 8.01. The van der Waals surface area contributed by atoms with E-state index in [0.29, 0.717) is 6.61 Å². The summed E-state index contributed by atoms with van der Waals surface area (Å²) in [5.74, 6) is 0.972. The second kappa shape index (κ2) is 9.93. The number of hydrogen-bond acceptors (Lipinski definition) is 3. The summed E-state index contributed by atoms with van der Waals surface area (Å²) < 4.78 is 7.82. The van der Waals surface area contributed by atoms with E-state index >= 15 is 0 Å². The van der Waals surface area contributed by atoms with E-state index in [4.69, 9.17) is 4.74 Å². The Morgan fingerprint density at radius 2 is 2.03 bits per heavy atom. The van der Waals surface area contributed by atoms with E-state index in [1.54, 1.807) is 0 Å². The molecule has 2 heterocycles. The Balaban J connectivity index is 0.00000240. The van der Waals surface area contributed by atoms with Crippen molar-refractivity contribution in [1.82, 2.24) is 20.0 Å². The highest BCUT2D eigenvalue weighted by atomic mass is 127. The van der Waals surface area contributed by atoms with Crippen LogP contribution in [0.2, 0.25) is 0 Å². The minimum Gasteiger partial charge on any atom is -0.370 e.